The molecule has 7 nitrogen and oxygen atoms in total. The Morgan fingerprint density at radius 3 is 2.63 bits per heavy atom. The molecule has 1 atom stereocenters. The van der Waals surface area contributed by atoms with Gasteiger partial charge in [0.2, 0.25) is 5.78 Å². The molecule has 0 saturated carbocycles. The molecule has 0 unspecified atom stereocenters. The van der Waals surface area contributed by atoms with E-state index >= 15 is 0 Å². The highest BCUT2D eigenvalue weighted by Crippen LogP contribution is 2.40. The maximum absolute atomic E-state index is 13.2. The van der Waals surface area contributed by atoms with Crippen LogP contribution in [-0.2, 0) is 11.3 Å². The molecule has 3 heterocycles. The quantitative estimate of drug-likeness (QED) is 0.629. The predicted octanol–water partition coefficient (Wildman–Crippen LogP) is 3.77. The second kappa shape index (κ2) is 7.87. The van der Waals surface area contributed by atoms with Gasteiger partial charge in [-0.05, 0) is 54.4 Å². The summed E-state index contributed by atoms with van der Waals surface area (Å²) in [6.07, 6.45) is 3.25. The minimum absolute atomic E-state index is 0.0170. The molecular formula is C23H20N2O5. The number of carbonyl (C=O) groups excluding carboxylic acids is 2. The standard InChI is InChI=1S/C23H20N2O5/c1-14-6-7-18(30-14)21(26)19-20(16-4-3-5-17(12-16)29-2)25(23(28)22(19)27)13-15-8-10-24-11-9-15/h3-12,20,27H,13H2,1-2H3/t20-/m0/s1. The smallest absolute Gasteiger partial charge is 0.290 e. The van der Waals surface area contributed by atoms with Crippen molar-refractivity contribution in [3.63, 3.8) is 0 Å². The number of benzene rings is 1. The number of nitrogens with zero attached hydrogens (tertiary/aromatic N) is 2. The van der Waals surface area contributed by atoms with Crippen LogP contribution in [0.25, 0.3) is 0 Å². The summed E-state index contributed by atoms with van der Waals surface area (Å²) in [4.78, 5) is 31.7. The number of hydrogen-bond donors (Lipinski definition) is 1. The first-order valence-electron chi connectivity index (χ1n) is 9.37. The maximum Gasteiger partial charge on any atom is 0.290 e. The molecule has 152 valence electrons. The lowest BCUT2D eigenvalue weighted by molar-refractivity contribution is -0.130. The maximum atomic E-state index is 13.2. The molecule has 0 saturated heterocycles. The van der Waals surface area contributed by atoms with Gasteiger partial charge in [-0.25, -0.2) is 0 Å². The van der Waals surface area contributed by atoms with Crippen LogP contribution in [0, 0.1) is 6.92 Å². The van der Waals surface area contributed by atoms with E-state index in [9.17, 15) is 14.7 Å². The Hall–Kier alpha value is -3.87. The minimum Gasteiger partial charge on any atom is -0.503 e. The van der Waals surface area contributed by atoms with Crippen molar-refractivity contribution in [3.05, 3.63) is 94.9 Å². The van der Waals surface area contributed by atoms with E-state index in [4.69, 9.17) is 9.15 Å². The number of methoxy groups -OCH3 is 1. The molecule has 4 rings (SSSR count). The summed E-state index contributed by atoms with van der Waals surface area (Å²) in [5, 5.41) is 10.7. The van der Waals surface area contributed by atoms with E-state index < -0.39 is 23.5 Å². The number of carbonyl (C=O) groups is 2. The molecule has 0 fully saturated rings. The number of aryl methyl sites for hydroxylation is 1. The Kier molecular flexibility index (Phi) is 5.10. The molecule has 3 aromatic rings. The van der Waals surface area contributed by atoms with Gasteiger partial charge in [-0.3, -0.25) is 14.6 Å². The lowest BCUT2D eigenvalue weighted by Gasteiger charge is -2.27. The molecule has 0 bridgehead atoms. The number of pyridine rings is 1. The van der Waals surface area contributed by atoms with Crippen LogP contribution in [0.15, 0.2) is 76.7 Å². The molecule has 0 spiro atoms. The number of furan rings is 1. The minimum atomic E-state index is -0.793. The topological polar surface area (TPSA) is 92.9 Å². The summed E-state index contributed by atoms with van der Waals surface area (Å²) in [6.45, 7) is 1.92. The van der Waals surface area contributed by atoms with Crippen molar-refractivity contribution in [1.82, 2.24) is 9.88 Å². The first-order chi connectivity index (χ1) is 14.5. The second-order valence-electron chi connectivity index (χ2n) is 6.97. The molecule has 0 aliphatic carbocycles. The van der Waals surface area contributed by atoms with Crippen LogP contribution in [0.5, 0.6) is 5.75 Å². The van der Waals surface area contributed by atoms with Gasteiger partial charge < -0.3 is 19.2 Å². The van der Waals surface area contributed by atoms with Gasteiger partial charge in [0.1, 0.15) is 11.5 Å². The Labute approximate surface area is 173 Å². The molecule has 1 aromatic carbocycles. The fourth-order valence-corrected chi connectivity index (χ4v) is 3.58. The number of aromatic nitrogens is 1. The summed E-state index contributed by atoms with van der Waals surface area (Å²) < 4.78 is 10.8. The van der Waals surface area contributed by atoms with Gasteiger partial charge in [-0.2, -0.15) is 0 Å². The number of amides is 1. The van der Waals surface area contributed by atoms with E-state index in [0.717, 1.165) is 5.56 Å². The molecule has 1 aliphatic heterocycles. The van der Waals surface area contributed by atoms with Crippen LogP contribution in [0.2, 0.25) is 0 Å². The molecule has 7 heteroatoms. The normalized spacial score (nSPS) is 16.3. The Morgan fingerprint density at radius 1 is 1.20 bits per heavy atom. The van der Waals surface area contributed by atoms with E-state index in [2.05, 4.69) is 4.98 Å². The van der Waals surface area contributed by atoms with Gasteiger partial charge in [0.05, 0.1) is 18.7 Å². The van der Waals surface area contributed by atoms with Crippen LogP contribution in [0.1, 0.15) is 33.5 Å². The molecule has 1 amide bonds. The number of aliphatic hydroxyl groups is 1. The van der Waals surface area contributed by atoms with Crippen molar-refractivity contribution < 1.29 is 23.8 Å². The zero-order valence-corrected chi connectivity index (χ0v) is 16.5. The van der Waals surface area contributed by atoms with Crippen LogP contribution in [0.3, 0.4) is 0 Å². The van der Waals surface area contributed by atoms with Gasteiger partial charge in [0.25, 0.3) is 5.91 Å². The van der Waals surface area contributed by atoms with Crippen LogP contribution < -0.4 is 4.74 Å². The highest BCUT2D eigenvalue weighted by atomic mass is 16.5. The Balaban J connectivity index is 1.81. The molecular weight excluding hydrogens is 384 g/mol. The van der Waals surface area contributed by atoms with Gasteiger partial charge in [-0.15, -0.1) is 0 Å². The van der Waals surface area contributed by atoms with Crippen molar-refractivity contribution in [3.8, 4) is 5.75 Å². The summed E-state index contributed by atoms with van der Waals surface area (Å²) in [5.41, 5.74) is 1.45. The molecule has 30 heavy (non-hydrogen) atoms. The highest BCUT2D eigenvalue weighted by molar-refractivity contribution is 6.15. The largest absolute Gasteiger partial charge is 0.503 e. The summed E-state index contributed by atoms with van der Waals surface area (Å²) >= 11 is 0. The van der Waals surface area contributed by atoms with E-state index in [1.807, 2.05) is 0 Å². The van der Waals surface area contributed by atoms with Gasteiger partial charge in [-0.1, -0.05) is 12.1 Å². The average molecular weight is 404 g/mol. The number of aliphatic hydroxyl groups excluding tert-OH is 1. The van der Waals surface area contributed by atoms with Crippen molar-refractivity contribution in [2.75, 3.05) is 7.11 Å². The second-order valence-corrected chi connectivity index (χ2v) is 6.97. The van der Waals surface area contributed by atoms with Crippen LogP contribution in [-0.4, -0.2) is 33.8 Å². The number of ether oxygens (including phenoxy) is 1. The van der Waals surface area contributed by atoms with E-state index in [1.165, 1.54) is 11.0 Å². The monoisotopic (exact) mass is 404 g/mol. The lowest BCUT2D eigenvalue weighted by atomic mass is 9.94. The number of rotatable bonds is 6. The molecule has 2 aromatic heterocycles. The molecule has 0 radical (unpaired) electrons. The summed E-state index contributed by atoms with van der Waals surface area (Å²) in [7, 11) is 1.54. The van der Waals surface area contributed by atoms with Crippen LogP contribution in [0.4, 0.5) is 0 Å². The van der Waals surface area contributed by atoms with E-state index in [1.54, 1.807) is 68.9 Å². The van der Waals surface area contributed by atoms with Crippen molar-refractivity contribution in [1.29, 1.82) is 0 Å². The van der Waals surface area contributed by atoms with Gasteiger partial charge in [0, 0.05) is 18.9 Å². The van der Waals surface area contributed by atoms with Crippen LogP contribution >= 0.6 is 0 Å². The average Bonchev–Trinajstić information content (AvgIpc) is 3.31. The SMILES string of the molecule is COc1cccc([C@H]2C(C(=O)c3ccc(C)o3)=C(O)C(=O)N2Cc2ccncc2)c1. The third kappa shape index (κ3) is 3.45. The predicted molar refractivity (Wildman–Crippen MR) is 108 cm³/mol. The Bertz CT molecular complexity index is 1130. The third-order valence-corrected chi connectivity index (χ3v) is 5.02. The van der Waals surface area contributed by atoms with Crippen molar-refractivity contribution in [2.24, 2.45) is 0 Å². The van der Waals surface area contributed by atoms with Gasteiger partial charge in [0.15, 0.2) is 11.5 Å². The highest BCUT2D eigenvalue weighted by Gasteiger charge is 2.44. The van der Waals surface area contributed by atoms with Crippen molar-refractivity contribution >= 4 is 11.7 Å². The zero-order valence-electron chi connectivity index (χ0n) is 16.5. The molecule has 1 aliphatic rings. The summed E-state index contributed by atoms with van der Waals surface area (Å²) in [5.74, 6) is -0.508. The fourth-order valence-electron chi connectivity index (χ4n) is 3.58. The molecule has 1 N–H and O–H groups in total. The third-order valence-electron chi connectivity index (χ3n) is 5.02. The zero-order chi connectivity index (χ0) is 21.3. The number of hydrogen-bond acceptors (Lipinski definition) is 6. The number of Topliss-reactive ketones (excluding diaryl/α,β-unsaturated/α-hetero) is 1. The summed E-state index contributed by atoms with van der Waals surface area (Å²) in [6, 6.07) is 13.1. The fraction of sp³-hybridized carbons (Fsp3) is 0.174. The van der Waals surface area contributed by atoms with Crippen molar-refractivity contribution in [2.45, 2.75) is 19.5 Å². The number of ketones is 1. The lowest BCUT2D eigenvalue weighted by Crippen LogP contribution is -2.30. The van der Waals surface area contributed by atoms with E-state index in [0.29, 0.717) is 17.1 Å². The first kappa shape index (κ1) is 19.4. The van der Waals surface area contributed by atoms with Gasteiger partial charge >= 0.3 is 0 Å². The van der Waals surface area contributed by atoms with E-state index in [-0.39, 0.29) is 17.9 Å². The Morgan fingerprint density at radius 2 is 1.97 bits per heavy atom. The first-order valence-corrected chi connectivity index (χ1v) is 9.37.